The van der Waals surface area contributed by atoms with E-state index in [0.29, 0.717) is 16.7 Å². The highest BCUT2D eigenvalue weighted by Gasteiger charge is 2.15. The van der Waals surface area contributed by atoms with Gasteiger partial charge in [0, 0.05) is 12.6 Å². The number of hydrogen-bond donors (Lipinski definition) is 1. The fourth-order valence-electron chi connectivity index (χ4n) is 1.76. The Morgan fingerprint density at radius 2 is 2.20 bits per heavy atom. The summed E-state index contributed by atoms with van der Waals surface area (Å²) in [5.41, 5.74) is 0. The molecule has 1 aliphatic rings. The van der Waals surface area contributed by atoms with Crippen molar-refractivity contribution in [3.05, 3.63) is 23.2 Å². The second-order valence-corrected chi connectivity index (χ2v) is 5.28. The number of rotatable bonds is 6. The van der Waals surface area contributed by atoms with Gasteiger partial charge in [-0.05, 0) is 25.1 Å². The van der Waals surface area contributed by atoms with Gasteiger partial charge >= 0.3 is 0 Å². The summed E-state index contributed by atoms with van der Waals surface area (Å²) in [5, 5.41) is 12.8. The van der Waals surface area contributed by atoms with Gasteiger partial charge in [-0.1, -0.05) is 23.4 Å². The van der Waals surface area contributed by atoms with Crippen molar-refractivity contribution in [1.82, 2.24) is 15.5 Å². The zero-order chi connectivity index (χ0) is 13.8. The number of benzene rings is 1. The summed E-state index contributed by atoms with van der Waals surface area (Å²) in [7, 11) is 0. The van der Waals surface area contributed by atoms with Crippen molar-refractivity contribution in [1.29, 1.82) is 0 Å². The molecule has 0 aliphatic carbocycles. The Balaban J connectivity index is 1.63. The monoisotopic (exact) mass is 293 g/mol. The molecule has 3 rings (SSSR count). The molecule has 1 aliphatic heterocycles. The SMILES string of the molecule is CCCNCc1nnc(Oc2ccc3c(c2)OCO3)s1. The van der Waals surface area contributed by atoms with Crippen molar-refractivity contribution < 1.29 is 14.2 Å². The van der Waals surface area contributed by atoms with Crippen molar-refractivity contribution >= 4 is 11.3 Å². The lowest BCUT2D eigenvalue weighted by atomic mass is 10.3. The molecule has 0 atom stereocenters. The van der Waals surface area contributed by atoms with E-state index in [1.54, 1.807) is 6.07 Å². The van der Waals surface area contributed by atoms with Crippen LogP contribution in [0.15, 0.2) is 18.2 Å². The van der Waals surface area contributed by atoms with Crippen molar-refractivity contribution in [2.24, 2.45) is 0 Å². The van der Waals surface area contributed by atoms with Crippen molar-refractivity contribution in [2.45, 2.75) is 19.9 Å². The topological polar surface area (TPSA) is 65.5 Å². The molecule has 1 aromatic carbocycles. The summed E-state index contributed by atoms with van der Waals surface area (Å²) in [5.74, 6) is 2.09. The largest absolute Gasteiger partial charge is 0.454 e. The van der Waals surface area contributed by atoms with Crippen LogP contribution < -0.4 is 19.5 Å². The molecule has 0 saturated heterocycles. The molecule has 0 radical (unpaired) electrons. The van der Waals surface area contributed by atoms with Crippen molar-refractivity contribution in [2.75, 3.05) is 13.3 Å². The van der Waals surface area contributed by atoms with Crippen molar-refractivity contribution in [3.63, 3.8) is 0 Å². The molecule has 1 aromatic heterocycles. The van der Waals surface area contributed by atoms with Gasteiger partial charge in [-0.2, -0.15) is 0 Å². The van der Waals surface area contributed by atoms with E-state index in [9.17, 15) is 0 Å². The Morgan fingerprint density at radius 3 is 3.10 bits per heavy atom. The standard InChI is InChI=1S/C13H15N3O3S/c1-2-5-14-7-12-15-16-13(20-12)19-9-3-4-10-11(6-9)18-8-17-10/h3-4,6,14H,2,5,7-8H2,1H3. The highest BCUT2D eigenvalue weighted by molar-refractivity contribution is 7.13. The maximum Gasteiger partial charge on any atom is 0.299 e. The van der Waals surface area contributed by atoms with E-state index < -0.39 is 0 Å². The highest BCUT2D eigenvalue weighted by atomic mass is 32.1. The first-order valence-electron chi connectivity index (χ1n) is 6.46. The predicted molar refractivity (Wildman–Crippen MR) is 74.5 cm³/mol. The average molecular weight is 293 g/mol. The summed E-state index contributed by atoms with van der Waals surface area (Å²) in [6, 6.07) is 5.44. The molecule has 2 heterocycles. The molecule has 2 aromatic rings. The smallest absolute Gasteiger partial charge is 0.299 e. The summed E-state index contributed by atoms with van der Waals surface area (Å²) < 4.78 is 16.2. The molecule has 7 heteroatoms. The molecule has 6 nitrogen and oxygen atoms in total. The van der Waals surface area contributed by atoms with Crippen LogP contribution >= 0.6 is 11.3 Å². The van der Waals surface area contributed by atoms with Gasteiger partial charge in [0.15, 0.2) is 11.5 Å². The van der Waals surface area contributed by atoms with Gasteiger partial charge in [0.2, 0.25) is 6.79 Å². The lowest BCUT2D eigenvalue weighted by molar-refractivity contribution is 0.174. The van der Waals surface area contributed by atoms with Crippen LogP contribution in [-0.2, 0) is 6.54 Å². The summed E-state index contributed by atoms with van der Waals surface area (Å²) in [6.07, 6.45) is 1.10. The Bertz CT molecular complexity index is 588. The average Bonchev–Trinajstić information content (AvgIpc) is 3.08. The first kappa shape index (κ1) is 13.1. The van der Waals surface area contributed by atoms with E-state index in [-0.39, 0.29) is 6.79 Å². The minimum absolute atomic E-state index is 0.255. The van der Waals surface area contributed by atoms with Crippen LogP contribution in [-0.4, -0.2) is 23.5 Å². The zero-order valence-corrected chi connectivity index (χ0v) is 11.9. The second kappa shape index (κ2) is 6.06. The van der Waals surface area contributed by atoms with Crippen LogP contribution in [0.1, 0.15) is 18.4 Å². The number of ether oxygens (including phenoxy) is 3. The third-order valence-corrected chi connectivity index (χ3v) is 3.50. The lowest BCUT2D eigenvalue weighted by Gasteiger charge is -2.02. The number of aromatic nitrogens is 2. The molecular weight excluding hydrogens is 278 g/mol. The molecule has 0 spiro atoms. The summed E-state index contributed by atoms with van der Waals surface area (Å²) in [4.78, 5) is 0. The van der Waals surface area contributed by atoms with Gasteiger partial charge in [-0.25, -0.2) is 0 Å². The molecule has 0 bridgehead atoms. The van der Waals surface area contributed by atoms with Gasteiger partial charge in [-0.15, -0.1) is 5.10 Å². The molecule has 106 valence electrons. The number of fused-ring (bicyclic) bond motifs is 1. The molecule has 0 unspecified atom stereocenters. The molecule has 1 N–H and O–H groups in total. The zero-order valence-electron chi connectivity index (χ0n) is 11.1. The Morgan fingerprint density at radius 1 is 1.30 bits per heavy atom. The number of nitrogens with zero attached hydrogens (tertiary/aromatic N) is 2. The van der Waals surface area contributed by atoms with Gasteiger partial charge in [0.1, 0.15) is 10.8 Å². The number of nitrogens with one attached hydrogen (secondary N) is 1. The minimum atomic E-state index is 0.255. The first-order valence-corrected chi connectivity index (χ1v) is 7.27. The quantitative estimate of drug-likeness (QED) is 0.826. The van der Waals surface area contributed by atoms with Gasteiger partial charge in [0.25, 0.3) is 5.19 Å². The first-order chi connectivity index (χ1) is 9.85. The van der Waals surface area contributed by atoms with E-state index in [4.69, 9.17) is 14.2 Å². The van der Waals surface area contributed by atoms with Crippen LogP contribution in [0.25, 0.3) is 0 Å². The Kier molecular flexibility index (Phi) is 3.98. The van der Waals surface area contributed by atoms with E-state index in [0.717, 1.165) is 30.3 Å². The highest BCUT2D eigenvalue weighted by Crippen LogP contribution is 2.36. The second-order valence-electron chi connectivity index (χ2n) is 4.26. The van der Waals surface area contributed by atoms with Crippen molar-refractivity contribution in [3.8, 4) is 22.4 Å². The Hall–Kier alpha value is -1.86. The summed E-state index contributed by atoms with van der Waals surface area (Å²) >= 11 is 1.43. The van der Waals surface area contributed by atoms with E-state index in [1.165, 1.54) is 11.3 Å². The maximum absolute atomic E-state index is 5.67. The fourth-order valence-corrected chi connectivity index (χ4v) is 2.44. The molecule has 20 heavy (non-hydrogen) atoms. The summed E-state index contributed by atoms with van der Waals surface area (Å²) in [6.45, 7) is 4.07. The predicted octanol–water partition coefficient (Wildman–Crippen LogP) is 2.56. The fraction of sp³-hybridized carbons (Fsp3) is 0.385. The van der Waals surface area contributed by atoms with E-state index in [1.807, 2.05) is 12.1 Å². The van der Waals surface area contributed by atoms with Gasteiger partial charge in [-0.3, -0.25) is 0 Å². The minimum Gasteiger partial charge on any atom is -0.454 e. The van der Waals surface area contributed by atoms with Gasteiger partial charge in [0.05, 0.1) is 0 Å². The van der Waals surface area contributed by atoms with Gasteiger partial charge < -0.3 is 19.5 Å². The van der Waals surface area contributed by atoms with E-state index in [2.05, 4.69) is 22.4 Å². The molecular formula is C13H15N3O3S. The number of hydrogen-bond acceptors (Lipinski definition) is 7. The van der Waals surface area contributed by atoms with E-state index >= 15 is 0 Å². The maximum atomic E-state index is 5.67. The van der Waals surface area contributed by atoms with Crippen LogP contribution in [0.4, 0.5) is 0 Å². The van der Waals surface area contributed by atoms with Crippen LogP contribution in [0.2, 0.25) is 0 Å². The third-order valence-electron chi connectivity index (χ3n) is 2.70. The van der Waals surface area contributed by atoms with Crippen LogP contribution in [0.3, 0.4) is 0 Å². The normalized spacial score (nSPS) is 12.7. The lowest BCUT2D eigenvalue weighted by Crippen LogP contribution is -2.13. The Labute approximate surface area is 120 Å². The third kappa shape index (κ3) is 3.00. The molecule has 0 saturated carbocycles. The molecule has 0 amide bonds. The van der Waals surface area contributed by atoms with Crippen LogP contribution in [0.5, 0.6) is 22.4 Å². The van der Waals surface area contributed by atoms with Crippen LogP contribution in [0, 0.1) is 0 Å². The molecule has 0 fully saturated rings.